The molecular formula is C12H12N4O2. The summed E-state index contributed by atoms with van der Waals surface area (Å²) in [6.45, 7) is 0.638. The molecule has 1 aromatic carbocycles. The van der Waals surface area contributed by atoms with Crippen molar-refractivity contribution in [3.05, 3.63) is 56.2 Å². The zero-order chi connectivity index (χ0) is 12.5. The van der Waals surface area contributed by atoms with Gasteiger partial charge >= 0.3 is 5.69 Å². The minimum absolute atomic E-state index is 0.152. The highest BCUT2D eigenvalue weighted by Crippen LogP contribution is 2.34. The van der Waals surface area contributed by atoms with Gasteiger partial charge < -0.3 is 5.32 Å². The molecule has 3 rings (SSSR count). The van der Waals surface area contributed by atoms with Crippen molar-refractivity contribution >= 4 is 5.82 Å². The van der Waals surface area contributed by atoms with E-state index in [1.165, 1.54) is 11.1 Å². The SMILES string of the molecule is O=c1[nH]nc(NCC2Cc3ccccc32)c(=O)[nH]1. The molecule has 1 aliphatic carbocycles. The van der Waals surface area contributed by atoms with Crippen molar-refractivity contribution in [3.8, 4) is 0 Å². The summed E-state index contributed by atoms with van der Waals surface area (Å²) >= 11 is 0. The van der Waals surface area contributed by atoms with Gasteiger partial charge in [-0.15, -0.1) is 5.10 Å². The van der Waals surface area contributed by atoms with Gasteiger partial charge in [-0.1, -0.05) is 24.3 Å². The fourth-order valence-electron chi connectivity index (χ4n) is 2.23. The molecule has 1 aliphatic rings. The van der Waals surface area contributed by atoms with Crippen LogP contribution in [0.1, 0.15) is 17.0 Å². The Morgan fingerprint density at radius 2 is 2.17 bits per heavy atom. The van der Waals surface area contributed by atoms with E-state index < -0.39 is 11.2 Å². The Kier molecular flexibility index (Phi) is 2.47. The van der Waals surface area contributed by atoms with E-state index in [9.17, 15) is 9.59 Å². The number of hydrogen-bond acceptors (Lipinski definition) is 4. The number of H-pyrrole nitrogens is 2. The van der Waals surface area contributed by atoms with E-state index in [-0.39, 0.29) is 5.82 Å². The number of aromatic nitrogens is 3. The molecule has 3 N–H and O–H groups in total. The first kappa shape index (κ1) is 10.8. The number of hydrogen-bond donors (Lipinski definition) is 3. The Morgan fingerprint density at radius 3 is 2.94 bits per heavy atom. The normalized spacial score (nSPS) is 16.8. The van der Waals surface area contributed by atoms with Gasteiger partial charge in [0, 0.05) is 12.5 Å². The maximum Gasteiger partial charge on any atom is 0.342 e. The third-order valence-electron chi connectivity index (χ3n) is 3.19. The Morgan fingerprint density at radius 1 is 1.33 bits per heavy atom. The molecule has 0 radical (unpaired) electrons. The standard InChI is InChI=1S/C12H12N4O2/c17-11-10(15-16-12(18)14-11)13-6-8-5-7-3-1-2-4-9(7)8/h1-4,8H,5-6H2,(H,13,15)(H2,14,16,17,18). The predicted molar refractivity (Wildman–Crippen MR) is 66.9 cm³/mol. The third kappa shape index (κ3) is 1.81. The Labute approximate surface area is 102 Å². The van der Waals surface area contributed by atoms with Crippen molar-refractivity contribution in [2.75, 3.05) is 11.9 Å². The highest BCUT2D eigenvalue weighted by atomic mass is 16.2. The zero-order valence-electron chi connectivity index (χ0n) is 9.56. The number of fused-ring (bicyclic) bond motifs is 1. The van der Waals surface area contributed by atoms with Crippen molar-refractivity contribution in [2.24, 2.45) is 0 Å². The summed E-state index contributed by atoms with van der Waals surface area (Å²) in [5.41, 5.74) is 1.57. The Bertz CT molecular complexity index is 689. The van der Waals surface area contributed by atoms with Crippen molar-refractivity contribution in [1.29, 1.82) is 0 Å². The molecule has 1 atom stereocenters. The Balaban J connectivity index is 1.70. The molecule has 0 saturated heterocycles. The number of rotatable bonds is 3. The quantitative estimate of drug-likeness (QED) is 0.720. The third-order valence-corrected chi connectivity index (χ3v) is 3.19. The molecular weight excluding hydrogens is 232 g/mol. The molecule has 0 fully saturated rings. The van der Waals surface area contributed by atoms with Crippen LogP contribution in [0.25, 0.3) is 0 Å². The van der Waals surface area contributed by atoms with Gasteiger partial charge in [-0.3, -0.25) is 9.78 Å². The van der Waals surface area contributed by atoms with Crippen molar-refractivity contribution in [3.63, 3.8) is 0 Å². The lowest BCUT2D eigenvalue weighted by Crippen LogP contribution is -2.30. The summed E-state index contributed by atoms with van der Waals surface area (Å²) in [7, 11) is 0. The van der Waals surface area contributed by atoms with Crippen LogP contribution in [-0.2, 0) is 6.42 Å². The van der Waals surface area contributed by atoms with Crippen LogP contribution in [0.15, 0.2) is 33.9 Å². The van der Waals surface area contributed by atoms with Gasteiger partial charge in [0.25, 0.3) is 5.56 Å². The average Bonchev–Trinajstić information content (AvgIpc) is 2.33. The molecule has 6 nitrogen and oxygen atoms in total. The van der Waals surface area contributed by atoms with Crippen LogP contribution in [0.5, 0.6) is 0 Å². The van der Waals surface area contributed by atoms with Gasteiger partial charge in [0.1, 0.15) is 0 Å². The number of nitrogens with one attached hydrogen (secondary N) is 3. The van der Waals surface area contributed by atoms with E-state index in [0.717, 1.165) is 6.42 Å². The van der Waals surface area contributed by atoms with Crippen LogP contribution in [0.4, 0.5) is 5.82 Å². The maximum atomic E-state index is 11.4. The summed E-state index contributed by atoms with van der Waals surface area (Å²) in [6, 6.07) is 8.24. The van der Waals surface area contributed by atoms with Gasteiger partial charge in [-0.25, -0.2) is 9.89 Å². The topological polar surface area (TPSA) is 90.6 Å². The number of aromatic amines is 2. The van der Waals surface area contributed by atoms with Crippen LogP contribution in [0, 0.1) is 0 Å². The second-order valence-electron chi connectivity index (χ2n) is 4.34. The highest BCUT2D eigenvalue weighted by molar-refractivity contribution is 5.42. The molecule has 1 unspecified atom stereocenters. The first-order valence-electron chi connectivity index (χ1n) is 5.75. The predicted octanol–water partition coefficient (Wildman–Crippen LogP) is 0.210. The van der Waals surface area contributed by atoms with Gasteiger partial charge in [0.2, 0.25) is 5.82 Å². The molecule has 6 heteroatoms. The lowest BCUT2D eigenvalue weighted by molar-refractivity contribution is 0.632. The van der Waals surface area contributed by atoms with Crippen LogP contribution in [0.3, 0.4) is 0 Å². The van der Waals surface area contributed by atoms with Crippen molar-refractivity contribution in [2.45, 2.75) is 12.3 Å². The molecule has 2 aromatic rings. The molecule has 0 amide bonds. The van der Waals surface area contributed by atoms with Gasteiger partial charge in [0.15, 0.2) is 0 Å². The molecule has 1 heterocycles. The minimum atomic E-state index is -0.598. The average molecular weight is 244 g/mol. The molecule has 18 heavy (non-hydrogen) atoms. The highest BCUT2D eigenvalue weighted by Gasteiger charge is 2.25. The molecule has 0 spiro atoms. The molecule has 92 valence electrons. The Hall–Kier alpha value is -2.37. The van der Waals surface area contributed by atoms with E-state index in [0.29, 0.717) is 12.5 Å². The first-order chi connectivity index (χ1) is 8.74. The van der Waals surface area contributed by atoms with Crippen LogP contribution in [0.2, 0.25) is 0 Å². The zero-order valence-corrected chi connectivity index (χ0v) is 9.56. The first-order valence-corrected chi connectivity index (χ1v) is 5.75. The number of anilines is 1. The van der Waals surface area contributed by atoms with E-state index in [1.54, 1.807) is 0 Å². The van der Waals surface area contributed by atoms with E-state index in [1.807, 2.05) is 12.1 Å². The fraction of sp³-hybridized carbons (Fsp3) is 0.250. The van der Waals surface area contributed by atoms with E-state index in [2.05, 4.69) is 32.6 Å². The molecule has 0 saturated carbocycles. The van der Waals surface area contributed by atoms with Gasteiger partial charge in [0.05, 0.1) is 0 Å². The largest absolute Gasteiger partial charge is 0.363 e. The fourth-order valence-corrected chi connectivity index (χ4v) is 2.23. The van der Waals surface area contributed by atoms with Crippen molar-refractivity contribution < 1.29 is 0 Å². The van der Waals surface area contributed by atoms with Crippen LogP contribution < -0.4 is 16.6 Å². The van der Waals surface area contributed by atoms with E-state index >= 15 is 0 Å². The number of benzene rings is 1. The summed E-state index contributed by atoms with van der Waals surface area (Å²) in [4.78, 5) is 24.3. The second-order valence-corrected chi connectivity index (χ2v) is 4.34. The summed E-state index contributed by atoms with van der Waals surface area (Å²) in [5.74, 6) is 0.549. The van der Waals surface area contributed by atoms with Gasteiger partial charge in [-0.05, 0) is 17.5 Å². The second kappa shape index (κ2) is 4.14. The van der Waals surface area contributed by atoms with Crippen LogP contribution >= 0.6 is 0 Å². The summed E-state index contributed by atoms with van der Waals surface area (Å²) in [5, 5.41) is 8.83. The van der Waals surface area contributed by atoms with Crippen molar-refractivity contribution in [1.82, 2.24) is 15.2 Å². The van der Waals surface area contributed by atoms with E-state index in [4.69, 9.17) is 0 Å². The monoisotopic (exact) mass is 244 g/mol. The minimum Gasteiger partial charge on any atom is -0.363 e. The van der Waals surface area contributed by atoms with Gasteiger partial charge in [-0.2, -0.15) is 0 Å². The molecule has 0 bridgehead atoms. The maximum absolute atomic E-state index is 11.4. The van der Waals surface area contributed by atoms with Crippen LogP contribution in [-0.4, -0.2) is 21.7 Å². The number of nitrogens with zero attached hydrogens (tertiary/aromatic N) is 1. The lowest BCUT2D eigenvalue weighted by Gasteiger charge is -2.30. The lowest BCUT2D eigenvalue weighted by atomic mass is 9.78. The molecule has 1 aromatic heterocycles. The summed E-state index contributed by atoms with van der Waals surface area (Å²) in [6.07, 6.45) is 1.00. The summed E-state index contributed by atoms with van der Waals surface area (Å²) < 4.78 is 0. The smallest absolute Gasteiger partial charge is 0.342 e. The molecule has 0 aliphatic heterocycles.